The Morgan fingerprint density at radius 1 is 1.17 bits per heavy atom. The van der Waals surface area contributed by atoms with Gasteiger partial charge in [0.25, 0.3) is 0 Å². The lowest BCUT2D eigenvalue weighted by Crippen LogP contribution is -2.55. The fourth-order valence-electron chi connectivity index (χ4n) is 3.79. The molecule has 2 heterocycles. The van der Waals surface area contributed by atoms with Crippen molar-refractivity contribution < 1.29 is 14.3 Å². The number of thiophene rings is 1. The molecule has 0 spiro atoms. The highest BCUT2D eigenvalue weighted by atomic mass is 32.1. The zero-order valence-corrected chi connectivity index (χ0v) is 19.5. The van der Waals surface area contributed by atoms with Crippen LogP contribution >= 0.6 is 11.3 Å². The van der Waals surface area contributed by atoms with Crippen molar-refractivity contribution in [2.75, 3.05) is 34.3 Å². The smallest absolute Gasteiger partial charge is 0.320 e. The fraction of sp³-hybridized carbons (Fsp3) is 0.478. The van der Waals surface area contributed by atoms with Gasteiger partial charge in [0.15, 0.2) is 0 Å². The quantitative estimate of drug-likeness (QED) is 0.738. The highest BCUT2D eigenvalue weighted by Gasteiger charge is 2.36. The van der Waals surface area contributed by atoms with E-state index in [-0.39, 0.29) is 24.5 Å². The third-order valence-corrected chi connectivity index (χ3v) is 6.43. The molecule has 0 unspecified atom stereocenters. The van der Waals surface area contributed by atoms with Gasteiger partial charge in [0.05, 0.1) is 13.2 Å². The third kappa shape index (κ3) is 4.46. The van der Waals surface area contributed by atoms with Crippen LogP contribution in [0.3, 0.4) is 0 Å². The molecule has 1 aliphatic heterocycles. The van der Waals surface area contributed by atoms with Gasteiger partial charge in [-0.3, -0.25) is 4.79 Å². The number of urea groups is 1. The van der Waals surface area contributed by atoms with Crippen molar-refractivity contribution in [3.8, 4) is 5.75 Å². The summed E-state index contributed by atoms with van der Waals surface area (Å²) < 4.78 is 5.30. The molecule has 1 aromatic carbocycles. The van der Waals surface area contributed by atoms with Crippen molar-refractivity contribution in [1.29, 1.82) is 0 Å². The summed E-state index contributed by atoms with van der Waals surface area (Å²) in [5, 5.41) is 2.09. The Kier molecular flexibility index (Phi) is 6.41. The summed E-state index contributed by atoms with van der Waals surface area (Å²) in [4.78, 5) is 32.7. The lowest BCUT2D eigenvalue weighted by Gasteiger charge is -2.41. The van der Waals surface area contributed by atoms with Gasteiger partial charge < -0.3 is 19.4 Å². The van der Waals surface area contributed by atoms with Gasteiger partial charge in [-0.1, -0.05) is 12.1 Å². The maximum absolute atomic E-state index is 13.5. The van der Waals surface area contributed by atoms with E-state index in [1.165, 1.54) is 15.3 Å². The van der Waals surface area contributed by atoms with Crippen LogP contribution in [0.1, 0.15) is 42.8 Å². The Balaban J connectivity index is 1.93. The summed E-state index contributed by atoms with van der Waals surface area (Å²) in [5.41, 5.74) is 1.76. The van der Waals surface area contributed by atoms with Crippen LogP contribution in [-0.2, 0) is 11.2 Å². The molecule has 6 nitrogen and oxygen atoms in total. The molecule has 3 rings (SSSR count). The van der Waals surface area contributed by atoms with Crippen LogP contribution in [0.15, 0.2) is 35.7 Å². The average Bonchev–Trinajstić information content (AvgIpc) is 3.18. The first-order valence-corrected chi connectivity index (χ1v) is 11.0. The van der Waals surface area contributed by atoms with Gasteiger partial charge >= 0.3 is 6.03 Å². The van der Waals surface area contributed by atoms with Crippen molar-refractivity contribution in [3.05, 3.63) is 51.7 Å². The van der Waals surface area contributed by atoms with E-state index < -0.39 is 5.54 Å². The minimum absolute atomic E-state index is 0.0437. The highest BCUT2D eigenvalue weighted by molar-refractivity contribution is 7.10. The van der Waals surface area contributed by atoms with Gasteiger partial charge in [0.2, 0.25) is 5.91 Å². The number of carbonyl (C=O) groups excluding carboxylic acids is 2. The number of fused-ring (bicyclic) bond motifs is 1. The van der Waals surface area contributed by atoms with Crippen LogP contribution in [0.25, 0.3) is 0 Å². The standard InChI is InChI=1S/C23H31N3O3S/c1-23(2,3)26(22(28)24(4)5)15-20(27)25-13-11-19-18(12-14-30-19)21(25)16-7-9-17(29-6)10-8-16/h7-10,12,14,21H,11,13,15H2,1-6H3/t21-/m1/s1. The molecule has 0 aliphatic carbocycles. The second kappa shape index (κ2) is 8.68. The molecule has 0 saturated heterocycles. The van der Waals surface area contributed by atoms with Crippen LogP contribution in [0.4, 0.5) is 4.79 Å². The second-order valence-electron chi connectivity index (χ2n) is 8.75. The first kappa shape index (κ1) is 22.2. The van der Waals surface area contributed by atoms with Crippen LogP contribution in [0, 0.1) is 0 Å². The van der Waals surface area contributed by atoms with E-state index in [4.69, 9.17) is 4.74 Å². The molecule has 0 saturated carbocycles. The lowest BCUT2D eigenvalue weighted by atomic mass is 9.93. The molecular formula is C23H31N3O3S. The number of ether oxygens (including phenoxy) is 1. The van der Waals surface area contributed by atoms with Gasteiger partial charge in [-0.15, -0.1) is 11.3 Å². The minimum atomic E-state index is -0.462. The zero-order valence-electron chi connectivity index (χ0n) is 18.6. The van der Waals surface area contributed by atoms with Crippen molar-refractivity contribution in [2.45, 2.75) is 38.8 Å². The van der Waals surface area contributed by atoms with E-state index in [1.54, 1.807) is 37.4 Å². The predicted octanol–water partition coefficient (Wildman–Crippen LogP) is 4.01. The number of amides is 3. The molecule has 3 amide bonds. The Hall–Kier alpha value is -2.54. The van der Waals surface area contributed by atoms with Crippen LogP contribution in [0.5, 0.6) is 5.75 Å². The molecule has 2 aromatic rings. The summed E-state index contributed by atoms with van der Waals surface area (Å²) in [6.07, 6.45) is 0.836. The summed E-state index contributed by atoms with van der Waals surface area (Å²) >= 11 is 1.74. The Morgan fingerprint density at radius 2 is 1.83 bits per heavy atom. The summed E-state index contributed by atoms with van der Waals surface area (Å²) in [6.45, 7) is 6.55. The number of rotatable bonds is 4. The molecule has 0 bridgehead atoms. The van der Waals surface area contributed by atoms with Gasteiger partial charge in [-0.2, -0.15) is 0 Å². The molecule has 1 atom stereocenters. The first-order chi connectivity index (χ1) is 14.1. The first-order valence-electron chi connectivity index (χ1n) is 10.1. The number of hydrogen-bond acceptors (Lipinski definition) is 4. The van der Waals surface area contributed by atoms with E-state index in [0.717, 1.165) is 17.7 Å². The molecule has 1 aromatic heterocycles. The van der Waals surface area contributed by atoms with Gasteiger partial charge in [0.1, 0.15) is 12.3 Å². The maximum atomic E-state index is 13.5. The Labute approximate surface area is 183 Å². The van der Waals surface area contributed by atoms with Gasteiger partial charge in [0, 0.05) is 31.1 Å². The molecule has 30 heavy (non-hydrogen) atoms. The average molecular weight is 430 g/mol. The molecule has 0 radical (unpaired) electrons. The lowest BCUT2D eigenvalue weighted by molar-refractivity contribution is -0.135. The molecular weight excluding hydrogens is 398 g/mol. The maximum Gasteiger partial charge on any atom is 0.320 e. The number of hydrogen-bond donors (Lipinski definition) is 0. The van der Waals surface area contributed by atoms with E-state index in [0.29, 0.717) is 6.54 Å². The predicted molar refractivity (Wildman–Crippen MR) is 120 cm³/mol. The van der Waals surface area contributed by atoms with E-state index >= 15 is 0 Å². The van der Waals surface area contributed by atoms with Crippen LogP contribution in [0.2, 0.25) is 0 Å². The molecule has 162 valence electrons. The monoisotopic (exact) mass is 429 g/mol. The summed E-state index contributed by atoms with van der Waals surface area (Å²) in [7, 11) is 5.07. The van der Waals surface area contributed by atoms with Crippen molar-refractivity contribution in [2.24, 2.45) is 0 Å². The number of carbonyl (C=O) groups is 2. The molecule has 0 N–H and O–H groups in total. The van der Waals surface area contributed by atoms with Crippen LogP contribution in [-0.4, -0.2) is 66.5 Å². The third-order valence-electron chi connectivity index (χ3n) is 5.43. The van der Waals surface area contributed by atoms with E-state index in [1.807, 2.05) is 49.9 Å². The molecule has 1 aliphatic rings. The van der Waals surface area contributed by atoms with Crippen molar-refractivity contribution >= 4 is 23.3 Å². The van der Waals surface area contributed by atoms with Crippen LogP contribution < -0.4 is 4.74 Å². The van der Waals surface area contributed by atoms with Gasteiger partial charge in [-0.25, -0.2) is 4.79 Å². The number of benzene rings is 1. The number of methoxy groups -OCH3 is 1. The normalized spacial score (nSPS) is 16.1. The van der Waals surface area contributed by atoms with Crippen molar-refractivity contribution in [3.63, 3.8) is 0 Å². The minimum Gasteiger partial charge on any atom is -0.497 e. The molecule has 7 heteroatoms. The zero-order chi connectivity index (χ0) is 22.1. The van der Waals surface area contributed by atoms with Crippen molar-refractivity contribution in [1.82, 2.24) is 14.7 Å². The Bertz CT molecular complexity index is 899. The second-order valence-corrected chi connectivity index (χ2v) is 9.75. The fourth-order valence-corrected chi connectivity index (χ4v) is 4.69. The highest BCUT2D eigenvalue weighted by Crippen LogP contribution is 2.38. The summed E-state index contributed by atoms with van der Waals surface area (Å²) in [5.74, 6) is 0.742. The largest absolute Gasteiger partial charge is 0.497 e. The Morgan fingerprint density at radius 3 is 2.40 bits per heavy atom. The van der Waals surface area contributed by atoms with E-state index in [2.05, 4.69) is 11.4 Å². The summed E-state index contributed by atoms with van der Waals surface area (Å²) in [6, 6.07) is 9.68. The molecule has 0 fully saturated rings. The number of nitrogens with zero attached hydrogens (tertiary/aromatic N) is 3. The topological polar surface area (TPSA) is 53.1 Å². The SMILES string of the molecule is COc1ccc([C@@H]2c3ccsc3CCN2C(=O)CN(C(=O)N(C)C)C(C)(C)C)cc1. The van der Waals surface area contributed by atoms with E-state index in [9.17, 15) is 9.59 Å². The van der Waals surface area contributed by atoms with Gasteiger partial charge in [-0.05, 0) is 61.9 Å².